The van der Waals surface area contributed by atoms with E-state index in [1.165, 1.54) is 0 Å². The molecule has 0 aliphatic carbocycles. The molecule has 0 unspecified atom stereocenters. The molecule has 0 atom stereocenters. The average Bonchev–Trinajstić information content (AvgIpc) is 2.05. The molecule has 0 aliphatic rings. The van der Waals surface area contributed by atoms with Gasteiger partial charge in [-0.1, -0.05) is 24.0 Å². The van der Waals surface area contributed by atoms with Gasteiger partial charge in [-0.25, -0.2) is 4.79 Å². The van der Waals surface area contributed by atoms with Gasteiger partial charge in [-0.15, -0.1) is 0 Å². The van der Waals surface area contributed by atoms with Gasteiger partial charge in [0.15, 0.2) is 0 Å². The second-order valence-electron chi connectivity index (χ2n) is 2.21. The first-order chi connectivity index (χ1) is 5.24. The van der Waals surface area contributed by atoms with E-state index >= 15 is 0 Å². The monoisotopic (exact) mass is 146 g/mol. The van der Waals surface area contributed by atoms with Crippen LogP contribution in [0.15, 0.2) is 24.3 Å². The number of carboxylic acid groups (broad SMARTS) is 1. The Morgan fingerprint density at radius 1 is 1.36 bits per heavy atom. The second-order valence-corrected chi connectivity index (χ2v) is 2.21. The molecule has 0 fully saturated rings. The van der Waals surface area contributed by atoms with Crippen LogP contribution >= 0.6 is 0 Å². The van der Waals surface area contributed by atoms with Crippen LogP contribution in [0, 0.1) is 0 Å². The highest BCUT2D eigenvalue weighted by Crippen LogP contribution is 2.03. The van der Waals surface area contributed by atoms with E-state index in [2.05, 4.69) is 0 Å². The van der Waals surface area contributed by atoms with Gasteiger partial charge in [0.05, 0.1) is 13.4 Å². The summed E-state index contributed by atoms with van der Waals surface area (Å²) in [4.78, 5) is 10.4. The van der Waals surface area contributed by atoms with Crippen LogP contribution in [0.4, 0.5) is 0 Å². The summed E-state index contributed by atoms with van der Waals surface area (Å²) in [6, 6.07) is 6.52. The van der Waals surface area contributed by atoms with E-state index in [1.807, 2.05) is 0 Å². The van der Waals surface area contributed by atoms with Gasteiger partial charge in [-0.3, -0.25) is 0 Å². The van der Waals surface area contributed by atoms with Crippen LogP contribution in [0.2, 0.25) is 0 Å². The largest absolute Gasteiger partial charge is 0.478 e. The predicted octanol–water partition coefficient (Wildman–Crippen LogP) is 1.05. The number of hydrogen-bond donors (Lipinski definition) is 1. The van der Waals surface area contributed by atoms with E-state index in [1.54, 1.807) is 24.3 Å². The molecule has 2 radical (unpaired) electrons. The Bertz CT molecular complexity index is 253. The maximum Gasteiger partial charge on any atom is 0.335 e. The van der Waals surface area contributed by atoms with E-state index in [4.69, 9.17) is 13.0 Å². The summed E-state index contributed by atoms with van der Waals surface area (Å²) in [5, 5.41) is 8.52. The van der Waals surface area contributed by atoms with Crippen LogP contribution in [0.5, 0.6) is 0 Å². The lowest BCUT2D eigenvalue weighted by molar-refractivity contribution is 0.0697. The third-order valence-corrected chi connectivity index (χ3v) is 1.44. The first-order valence-corrected chi connectivity index (χ1v) is 3.26. The molecule has 0 saturated heterocycles. The molecule has 0 bridgehead atoms. The summed E-state index contributed by atoms with van der Waals surface area (Å²) in [5.74, 6) is -0.909. The summed E-state index contributed by atoms with van der Waals surface area (Å²) in [6.45, 7) is 0. The fourth-order valence-corrected chi connectivity index (χ4v) is 0.783. The molecule has 0 spiro atoms. The SMILES string of the molecule is [B]Cc1ccc(C(=O)O)cc1. The van der Waals surface area contributed by atoms with Gasteiger partial charge in [0.2, 0.25) is 0 Å². The smallest absolute Gasteiger partial charge is 0.335 e. The molecule has 11 heavy (non-hydrogen) atoms. The van der Waals surface area contributed by atoms with Gasteiger partial charge in [0.25, 0.3) is 0 Å². The van der Waals surface area contributed by atoms with Crippen molar-refractivity contribution in [3.05, 3.63) is 35.4 Å². The molecule has 0 aliphatic heterocycles. The van der Waals surface area contributed by atoms with E-state index in [9.17, 15) is 4.79 Å². The Labute approximate surface area is 66.3 Å². The van der Waals surface area contributed by atoms with Crippen LogP contribution in [0.25, 0.3) is 0 Å². The Hall–Kier alpha value is -1.25. The predicted molar refractivity (Wildman–Crippen MR) is 42.9 cm³/mol. The summed E-state index contributed by atoms with van der Waals surface area (Å²) >= 11 is 0. The maximum absolute atomic E-state index is 10.4. The van der Waals surface area contributed by atoms with E-state index in [-0.39, 0.29) is 0 Å². The molecule has 0 saturated carbocycles. The van der Waals surface area contributed by atoms with Crippen molar-refractivity contribution in [1.82, 2.24) is 0 Å². The van der Waals surface area contributed by atoms with Crippen molar-refractivity contribution < 1.29 is 9.90 Å². The van der Waals surface area contributed by atoms with Crippen molar-refractivity contribution in [2.45, 2.75) is 6.32 Å². The highest BCUT2D eigenvalue weighted by Gasteiger charge is 1.99. The Morgan fingerprint density at radius 3 is 2.27 bits per heavy atom. The minimum Gasteiger partial charge on any atom is -0.478 e. The van der Waals surface area contributed by atoms with Crippen molar-refractivity contribution in [3.8, 4) is 0 Å². The molecule has 2 nitrogen and oxygen atoms in total. The number of aromatic carboxylic acids is 1. The minimum absolute atomic E-state index is 0.294. The standard InChI is InChI=1S/C8H7BO2/c9-5-6-1-3-7(4-2-6)8(10)11/h1-4H,5H2,(H,10,11). The molecular weight excluding hydrogens is 139 g/mol. The lowest BCUT2D eigenvalue weighted by Gasteiger charge is -1.96. The molecule has 1 N–H and O–H groups in total. The molecule has 1 aromatic rings. The second kappa shape index (κ2) is 3.24. The third-order valence-electron chi connectivity index (χ3n) is 1.44. The van der Waals surface area contributed by atoms with Crippen LogP contribution in [-0.2, 0) is 6.32 Å². The lowest BCUT2D eigenvalue weighted by Crippen LogP contribution is -1.95. The van der Waals surface area contributed by atoms with Gasteiger partial charge >= 0.3 is 5.97 Å². The Balaban J connectivity index is 2.91. The van der Waals surface area contributed by atoms with E-state index in [0.29, 0.717) is 11.9 Å². The van der Waals surface area contributed by atoms with Gasteiger partial charge < -0.3 is 5.11 Å². The van der Waals surface area contributed by atoms with Crippen LogP contribution in [-0.4, -0.2) is 18.9 Å². The zero-order valence-corrected chi connectivity index (χ0v) is 5.95. The Morgan fingerprint density at radius 2 is 1.91 bits per heavy atom. The zero-order chi connectivity index (χ0) is 8.27. The topological polar surface area (TPSA) is 37.3 Å². The zero-order valence-electron chi connectivity index (χ0n) is 5.95. The highest BCUT2D eigenvalue weighted by molar-refractivity contribution is 6.08. The summed E-state index contributed by atoms with van der Waals surface area (Å²) < 4.78 is 0. The van der Waals surface area contributed by atoms with Crippen molar-refractivity contribution in [2.24, 2.45) is 0 Å². The van der Waals surface area contributed by atoms with Crippen molar-refractivity contribution in [2.75, 3.05) is 0 Å². The van der Waals surface area contributed by atoms with E-state index in [0.717, 1.165) is 5.56 Å². The number of benzene rings is 1. The summed E-state index contributed by atoms with van der Waals surface area (Å²) in [6.07, 6.45) is 0.444. The molecule has 1 rings (SSSR count). The van der Waals surface area contributed by atoms with Crippen LogP contribution < -0.4 is 0 Å². The highest BCUT2D eigenvalue weighted by atomic mass is 16.4. The fraction of sp³-hybridized carbons (Fsp3) is 0.125. The maximum atomic E-state index is 10.4. The van der Waals surface area contributed by atoms with Crippen LogP contribution in [0.3, 0.4) is 0 Å². The number of carbonyl (C=O) groups is 1. The lowest BCUT2D eigenvalue weighted by atomic mass is 9.96. The molecule has 0 amide bonds. The summed E-state index contributed by atoms with van der Waals surface area (Å²) in [7, 11) is 5.33. The number of hydrogen-bond acceptors (Lipinski definition) is 1. The Kier molecular flexibility index (Phi) is 2.31. The minimum atomic E-state index is -0.909. The molecule has 54 valence electrons. The first-order valence-electron chi connectivity index (χ1n) is 3.26. The summed E-state index contributed by atoms with van der Waals surface area (Å²) in [5.41, 5.74) is 1.23. The molecular formula is C8H7BO2. The molecule has 0 heterocycles. The van der Waals surface area contributed by atoms with Crippen molar-refractivity contribution in [3.63, 3.8) is 0 Å². The first kappa shape index (κ1) is 7.86. The van der Waals surface area contributed by atoms with Gasteiger partial charge in [-0.05, 0) is 12.1 Å². The number of rotatable bonds is 2. The number of carboxylic acids is 1. The molecule has 0 aromatic heterocycles. The molecule has 1 aromatic carbocycles. The van der Waals surface area contributed by atoms with Crippen molar-refractivity contribution in [1.29, 1.82) is 0 Å². The van der Waals surface area contributed by atoms with Gasteiger partial charge in [-0.2, -0.15) is 0 Å². The quantitative estimate of drug-likeness (QED) is 0.633. The molecule has 3 heteroatoms. The van der Waals surface area contributed by atoms with Crippen molar-refractivity contribution >= 4 is 13.8 Å². The average molecular weight is 146 g/mol. The van der Waals surface area contributed by atoms with E-state index < -0.39 is 5.97 Å². The van der Waals surface area contributed by atoms with Gasteiger partial charge in [0.1, 0.15) is 0 Å². The van der Waals surface area contributed by atoms with Crippen LogP contribution in [0.1, 0.15) is 15.9 Å². The fourth-order valence-electron chi connectivity index (χ4n) is 0.783. The third kappa shape index (κ3) is 1.83. The van der Waals surface area contributed by atoms with Gasteiger partial charge in [0, 0.05) is 0 Å². The normalized spacial score (nSPS) is 9.45.